The number of rotatable bonds is 5. The van der Waals surface area contributed by atoms with Gasteiger partial charge >= 0.3 is 5.22 Å². The Hall–Kier alpha value is -1.78. The molecule has 2 rings (SSSR count). The Morgan fingerprint density at radius 3 is 2.35 bits per heavy atom. The van der Waals surface area contributed by atoms with E-state index in [0.717, 1.165) is 11.8 Å². The van der Waals surface area contributed by atoms with Gasteiger partial charge in [0.15, 0.2) is 0 Å². The van der Waals surface area contributed by atoms with E-state index < -0.39 is 31.1 Å². The minimum absolute atomic E-state index is 0.126. The molecule has 0 bridgehead atoms. The van der Waals surface area contributed by atoms with Crippen LogP contribution in [0.2, 0.25) is 0 Å². The molecule has 1 N–H and O–H groups in total. The molecule has 0 aliphatic heterocycles. The lowest BCUT2D eigenvalue weighted by molar-refractivity contribution is 0.373. The molecule has 23 heavy (non-hydrogen) atoms. The second-order valence-corrected chi connectivity index (χ2v) is 8.87. The smallest absolute Gasteiger partial charge is 0.335 e. The number of benzene rings is 1. The normalized spacial score (nSPS) is 13.9. The van der Waals surface area contributed by atoms with Crippen LogP contribution < -0.4 is 4.72 Å². The summed E-state index contributed by atoms with van der Waals surface area (Å²) in [5, 5.41) is 6.43. The maximum absolute atomic E-state index is 12.5. The lowest BCUT2D eigenvalue weighted by Gasteiger charge is -2.13. The average Bonchev–Trinajstić information content (AvgIpc) is 2.90. The molecule has 10 heteroatoms. The number of hydrogen-bond donors (Lipinski definition) is 1. The van der Waals surface area contributed by atoms with Crippen molar-refractivity contribution >= 4 is 19.9 Å². The monoisotopic (exact) mass is 359 g/mol. The number of nitrogens with zero attached hydrogens (tertiary/aromatic N) is 2. The van der Waals surface area contributed by atoms with Crippen LogP contribution in [0, 0.1) is 13.8 Å². The zero-order chi connectivity index (χ0) is 17.4. The first-order chi connectivity index (χ1) is 10.5. The number of hydrogen-bond acceptors (Lipinski definition) is 7. The SMILES string of the molecule is Cc1ccc(C)c(S(=O)(=O)N[C@@H](C)c2nnc(S(C)(=O)=O)o2)c1. The minimum Gasteiger partial charge on any atom is -0.411 e. The average molecular weight is 359 g/mol. The van der Waals surface area contributed by atoms with Gasteiger partial charge in [0.2, 0.25) is 25.8 Å². The van der Waals surface area contributed by atoms with E-state index in [1.807, 2.05) is 6.07 Å². The molecular weight excluding hydrogens is 342 g/mol. The Bertz CT molecular complexity index is 932. The van der Waals surface area contributed by atoms with Crippen molar-refractivity contribution in [1.82, 2.24) is 14.9 Å². The van der Waals surface area contributed by atoms with Crippen molar-refractivity contribution in [2.24, 2.45) is 0 Å². The second kappa shape index (κ2) is 6.02. The van der Waals surface area contributed by atoms with Crippen LogP contribution in [-0.4, -0.2) is 33.3 Å². The maximum atomic E-state index is 12.5. The third-order valence-electron chi connectivity index (χ3n) is 3.07. The molecule has 0 aliphatic carbocycles. The molecule has 1 heterocycles. The summed E-state index contributed by atoms with van der Waals surface area (Å²) >= 11 is 0. The summed E-state index contributed by atoms with van der Waals surface area (Å²) in [6.07, 6.45) is 0.926. The van der Waals surface area contributed by atoms with Gasteiger partial charge in [0.25, 0.3) is 0 Å². The van der Waals surface area contributed by atoms with Gasteiger partial charge in [-0.2, -0.15) is 4.72 Å². The quantitative estimate of drug-likeness (QED) is 0.849. The third-order valence-corrected chi connectivity index (χ3v) is 5.56. The molecule has 0 aliphatic rings. The van der Waals surface area contributed by atoms with Crippen LogP contribution in [0.4, 0.5) is 0 Å². The first kappa shape index (κ1) is 17.6. The molecule has 0 fully saturated rings. The lowest BCUT2D eigenvalue weighted by Crippen LogP contribution is -2.27. The van der Waals surface area contributed by atoms with Crippen LogP contribution in [-0.2, 0) is 19.9 Å². The van der Waals surface area contributed by atoms with Crippen molar-refractivity contribution in [3.8, 4) is 0 Å². The Morgan fingerprint density at radius 1 is 1.13 bits per heavy atom. The van der Waals surface area contributed by atoms with Crippen molar-refractivity contribution < 1.29 is 21.3 Å². The van der Waals surface area contributed by atoms with E-state index in [1.54, 1.807) is 26.0 Å². The zero-order valence-electron chi connectivity index (χ0n) is 13.1. The molecular formula is C13H17N3O5S2. The van der Waals surface area contributed by atoms with Gasteiger partial charge in [0.05, 0.1) is 10.9 Å². The van der Waals surface area contributed by atoms with Gasteiger partial charge in [0, 0.05) is 6.26 Å². The van der Waals surface area contributed by atoms with Crippen LogP contribution in [0.5, 0.6) is 0 Å². The van der Waals surface area contributed by atoms with Gasteiger partial charge in [-0.25, -0.2) is 16.8 Å². The summed E-state index contributed by atoms with van der Waals surface area (Å²) in [6, 6.07) is 4.21. The molecule has 1 aromatic carbocycles. The van der Waals surface area contributed by atoms with Crippen LogP contribution >= 0.6 is 0 Å². The second-order valence-electron chi connectivity index (χ2n) is 5.29. The van der Waals surface area contributed by atoms with Crippen molar-refractivity contribution in [2.75, 3.05) is 6.26 Å². The molecule has 0 saturated heterocycles. The highest BCUT2D eigenvalue weighted by molar-refractivity contribution is 7.90. The van der Waals surface area contributed by atoms with E-state index in [4.69, 9.17) is 4.42 Å². The van der Waals surface area contributed by atoms with Crippen molar-refractivity contribution in [3.63, 3.8) is 0 Å². The standard InChI is InChI=1S/C13H17N3O5S2/c1-8-5-6-9(2)11(7-8)23(19,20)16-10(3)12-14-15-13(21-12)22(4,17)18/h5-7,10,16H,1-4H3/t10-/m0/s1. The van der Waals surface area contributed by atoms with Gasteiger partial charge in [0.1, 0.15) is 0 Å². The summed E-state index contributed by atoms with van der Waals surface area (Å²) < 4.78 is 55.0. The first-order valence-corrected chi connectivity index (χ1v) is 10.0. The Morgan fingerprint density at radius 2 is 1.78 bits per heavy atom. The highest BCUT2D eigenvalue weighted by Gasteiger charge is 2.25. The summed E-state index contributed by atoms with van der Waals surface area (Å²) in [6.45, 7) is 4.97. The number of sulfone groups is 1. The molecule has 0 amide bonds. The van der Waals surface area contributed by atoms with Crippen LogP contribution in [0.1, 0.15) is 30.0 Å². The minimum atomic E-state index is -3.81. The van der Waals surface area contributed by atoms with Gasteiger partial charge in [-0.3, -0.25) is 0 Å². The molecule has 0 spiro atoms. The number of aromatic nitrogens is 2. The van der Waals surface area contributed by atoms with E-state index in [1.165, 1.54) is 6.92 Å². The number of nitrogens with one attached hydrogen (secondary N) is 1. The van der Waals surface area contributed by atoms with E-state index >= 15 is 0 Å². The Kier molecular flexibility index (Phi) is 4.60. The maximum Gasteiger partial charge on any atom is 0.335 e. The van der Waals surface area contributed by atoms with E-state index in [-0.39, 0.29) is 10.8 Å². The van der Waals surface area contributed by atoms with Gasteiger partial charge in [-0.1, -0.05) is 17.2 Å². The van der Waals surface area contributed by atoms with E-state index in [2.05, 4.69) is 14.9 Å². The highest BCUT2D eigenvalue weighted by atomic mass is 32.2. The summed E-state index contributed by atoms with van der Waals surface area (Å²) in [4.78, 5) is 0.146. The predicted molar refractivity (Wildman–Crippen MR) is 82.1 cm³/mol. The Labute approximate surface area is 134 Å². The van der Waals surface area contributed by atoms with Crippen LogP contribution in [0.25, 0.3) is 0 Å². The molecule has 0 saturated carbocycles. The largest absolute Gasteiger partial charge is 0.411 e. The molecule has 1 atom stereocenters. The van der Waals surface area contributed by atoms with Crippen molar-refractivity contribution in [3.05, 3.63) is 35.2 Å². The van der Waals surface area contributed by atoms with E-state index in [0.29, 0.717) is 5.56 Å². The molecule has 8 nitrogen and oxygen atoms in total. The summed E-state index contributed by atoms with van der Waals surface area (Å²) in [5.74, 6) is -0.126. The highest BCUT2D eigenvalue weighted by Crippen LogP contribution is 2.20. The fraction of sp³-hybridized carbons (Fsp3) is 0.385. The van der Waals surface area contributed by atoms with E-state index in [9.17, 15) is 16.8 Å². The summed E-state index contributed by atoms with van der Waals surface area (Å²) in [5.41, 5.74) is 1.40. The number of sulfonamides is 1. The fourth-order valence-corrected chi connectivity index (χ4v) is 3.84. The summed E-state index contributed by atoms with van der Waals surface area (Å²) in [7, 11) is -7.46. The van der Waals surface area contributed by atoms with Crippen LogP contribution in [0.3, 0.4) is 0 Å². The van der Waals surface area contributed by atoms with Crippen LogP contribution in [0.15, 0.2) is 32.7 Å². The van der Waals surface area contributed by atoms with Gasteiger partial charge < -0.3 is 4.42 Å². The fourth-order valence-electron chi connectivity index (χ4n) is 1.89. The lowest BCUT2D eigenvalue weighted by atomic mass is 10.2. The topological polar surface area (TPSA) is 119 Å². The van der Waals surface area contributed by atoms with Crippen molar-refractivity contribution in [1.29, 1.82) is 0 Å². The number of aryl methyl sites for hydroxylation is 2. The molecule has 1 aromatic heterocycles. The van der Waals surface area contributed by atoms with Gasteiger partial charge in [-0.05, 0) is 38.0 Å². The molecule has 0 radical (unpaired) electrons. The van der Waals surface area contributed by atoms with Gasteiger partial charge in [-0.15, -0.1) is 5.10 Å². The Balaban J connectivity index is 2.30. The zero-order valence-corrected chi connectivity index (χ0v) is 14.7. The molecule has 126 valence electrons. The predicted octanol–water partition coefficient (Wildman–Crippen LogP) is 1.13. The molecule has 0 unspecified atom stereocenters. The molecule has 2 aromatic rings. The van der Waals surface area contributed by atoms with Crippen molar-refractivity contribution in [2.45, 2.75) is 36.9 Å². The third kappa shape index (κ3) is 3.95. The first-order valence-electron chi connectivity index (χ1n) is 6.64.